The first-order chi connectivity index (χ1) is 18.8. The number of fused-ring (bicyclic) bond motifs is 2. The summed E-state index contributed by atoms with van der Waals surface area (Å²) >= 11 is 20.2. The molecule has 0 saturated carbocycles. The zero-order valence-corrected chi connectivity index (χ0v) is 23.9. The van der Waals surface area contributed by atoms with Gasteiger partial charge in [0.05, 0.1) is 23.9 Å². The molecule has 2 saturated heterocycles. The van der Waals surface area contributed by atoms with Crippen molar-refractivity contribution in [3.05, 3.63) is 79.1 Å². The van der Waals surface area contributed by atoms with Gasteiger partial charge in [-0.15, -0.1) is 11.3 Å². The third-order valence-corrected chi connectivity index (χ3v) is 9.40. The first-order valence-electron chi connectivity index (χ1n) is 12.7. The maximum absolute atomic E-state index is 14.2. The fourth-order valence-electron chi connectivity index (χ4n) is 5.61. The van der Waals surface area contributed by atoms with Gasteiger partial charge in [0.25, 0.3) is 5.91 Å². The van der Waals surface area contributed by atoms with Gasteiger partial charge in [-0.2, -0.15) is 0 Å². The molecule has 3 aliphatic rings. The zero-order valence-electron chi connectivity index (χ0n) is 20.8. The zero-order chi connectivity index (χ0) is 27.4. The SMILES string of the molecule is CCOC(=O)c1c(N2C(=O)[C@H]3[C@H](ON(c4ccc(Cl)cc4)[C@H]3c3ccc(Cl)cc3Cl)C2=O)sc2c1CCCC2. The number of benzene rings is 2. The maximum Gasteiger partial charge on any atom is 0.341 e. The number of carbonyl (C=O) groups is 3. The van der Waals surface area contributed by atoms with E-state index < -0.39 is 35.8 Å². The van der Waals surface area contributed by atoms with Crippen LogP contribution in [0.3, 0.4) is 0 Å². The fourth-order valence-corrected chi connectivity index (χ4v) is 7.64. The minimum Gasteiger partial charge on any atom is -0.462 e. The number of anilines is 2. The third kappa shape index (κ3) is 4.43. The van der Waals surface area contributed by atoms with Crippen molar-refractivity contribution in [3.63, 3.8) is 0 Å². The number of ether oxygens (including phenoxy) is 1. The molecule has 6 rings (SSSR count). The number of carbonyl (C=O) groups excluding carboxylic acids is 3. The van der Waals surface area contributed by atoms with Gasteiger partial charge in [0.15, 0.2) is 6.10 Å². The van der Waals surface area contributed by atoms with E-state index in [0.717, 1.165) is 34.6 Å². The molecule has 0 N–H and O–H groups in total. The van der Waals surface area contributed by atoms with Gasteiger partial charge in [0, 0.05) is 19.9 Å². The van der Waals surface area contributed by atoms with Gasteiger partial charge in [0.1, 0.15) is 10.9 Å². The second-order valence-corrected chi connectivity index (χ2v) is 12.0. The van der Waals surface area contributed by atoms with Gasteiger partial charge in [-0.1, -0.05) is 40.9 Å². The molecule has 2 fully saturated rings. The highest BCUT2D eigenvalue weighted by atomic mass is 35.5. The predicted octanol–water partition coefficient (Wildman–Crippen LogP) is 6.81. The van der Waals surface area contributed by atoms with Crippen molar-refractivity contribution >= 4 is 74.6 Å². The number of nitrogens with zero attached hydrogens (tertiary/aromatic N) is 2. The van der Waals surface area contributed by atoms with Gasteiger partial charge in [-0.25, -0.2) is 14.8 Å². The van der Waals surface area contributed by atoms with E-state index in [1.54, 1.807) is 54.5 Å². The lowest BCUT2D eigenvalue weighted by atomic mass is 9.90. The molecule has 2 aromatic carbocycles. The van der Waals surface area contributed by atoms with E-state index >= 15 is 0 Å². The number of thiophene rings is 1. The molecule has 1 aliphatic carbocycles. The van der Waals surface area contributed by atoms with E-state index in [1.807, 2.05) is 0 Å². The number of aryl methyl sites for hydroxylation is 1. The Bertz CT molecular complexity index is 1490. The maximum atomic E-state index is 14.2. The Labute approximate surface area is 244 Å². The number of imide groups is 1. The molecular weight excluding hydrogens is 583 g/mol. The number of rotatable bonds is 5. The van der Waals surface area contributed by atoms with E-state index in [0.29, 0.717) is 43.3 Å². The lowest BCUT2D eigenvalue weighted by Crippen LogP contribution is -2.37. The minimum atomic E-state index is -1.11. The Hall–Kier alpha value is -2.62. The Morgan fingerprint density at radius 1 is 1.03 bits per heavy atom. The lowest BCUT2D eigenvalue weighted by molar-refractivity contribution is -0.126. The van der Waals surface area contributed by atoms with Crippen molar-refractivity contribution in [1.82, 2.24) is 0 Å². The molecule has 7 nitrogen and oxygen atoms in total. The summed E-state index contributed by atoms with van der Waals surface area (Å²) in [4.78, 5) is 49.6. The summed E-state index contributed by atoms with van der Waals surface area (Å²) in [5.74, 6) is -2.42. The van der Waals surface area contributed by atoms with Crippen molar-refractivity contribution in [2.24, 2.45) is 5.92 Å². The predicted molar refractivity (Wildman–Crippen MR) is 151 cm³/mol. The largest absolute Gasteiger partial charge is 0.462 e. The Morgan fingerprint density at radius 3 is 2.46 bits per heavy atom. The van der Waals surface area contributed by atoms with E-state index in [2.05, 4.69) is 0 Å². The first-order valence-corrected chi connectivity index (χ1v) is 14.6. The number of halogens is 3. The summed E-state index contributed by atoms with van der Waals surface area (Å²) in [7, 11) is 0. The number of amides is 2. The van der Waals surface area contributed by atoms with E-state index in [9.17, 15) is 14.4 Å². The number of hydrogen-bond donors (Lipinski definition) is 0. The topological polar surface area (TPSA) is 76.2 Å². The van der Waals surface area contributed by atoms with Crippen molar-refractivity contribution in [3.8, 4) is 0 Å². The Morgan fingerprint density at radius 2 is 1.74 bits per heavy atom. The summed E-state index contributed by atoms with van der Waals surface area (Å²) in [5.41, 5.74) is 2.38. The van der Waals surface area contributed by atoms with Crippen LogP contribution in [0.4, 0.5) is 10.7 Å². The quantitative estimate of drug-likeness (QED) is 0.235. The highest BCUT2D eigenvalue weighted by Gasteiger charge is 2.61. The van der Waals surface area contributed by atoms with Gasteiger partial charge in [-0.05, 0) is 80.1 Å². The second-order valence-electron chi connectivity index (χ2n) is 9.59. The third-order valence-electron chi connectivity index (χ3n) is 7.31. The van der Waals surface area contributed by atoms with E-state index in [4.69, 9.17) is 44.4 Å². The summed E-state index contributed by atoms with van der Waals surface area (Å²) in [5, 5.41) is 3.17. The smallest absolute Gasteiger partial charge is 0.341 e. The minimum absolute atomic E-state index is 0.187. The van der Waals surface area contributed by atoms with Crippen LogP contribution >= 0.6 is 46.1 Å². The Kier molecular flexibility index (Phi) is 7.10. The number of hydrogen-bond acceptors (Lipinski definition) is 7. The highest BCUT2D eigenvalue weighted by Crippen LogP contribution is 2.51. The first kappa shape index (κ1) is 26.6. The highest BCUT2D eigenvalue weighted by molar-refractivity contribution is 7.17. The van der Waals surface area contributed by atoms with Crippen LogP contribution in [0.15, 0.2) is 42.5 Å². The molecule has 0 radical (unpaired) electrons. The number of hydroxylamine groups is 1. The van der Waals surface area contributed by atoms with Crippen LogP contribution in [0.2, 0.25) is 15.1 Å². The number of esters is 1. The molecule has 3 atom stereocenters. The summed E-state index contributed by atoms with van der Waals surface area (Å²) < 4.78 is 5.36. The molecule has 2 amide bonds. The molecule has 202 valence electrons. The molecule has 3 heterocycles. The molecule has 11 heteroatoms. The van der Waals surface area contributed by atoms with E-state index in [-0.39, 0.29) is 6.61 Å². The fraction of sp³-hybridized carbons (Fsp3) is 0.321. The molecule has 0 spiro atoms. The normalized spacial score (nSPS) is 22.3. The molecule has 2 aliphatic heterocycles. The summed E-state index contributed by atoms with van der Waals surface area (Å²) in [6.07, 6.45) is 2.29. The van der Waals surface area contributed by atoms with E-state index in [1.165, 1.54) is 11.3 Å². The second kappa shape index (κ2) is 10.4. The molecule has 0 bridgehead atoms. The van der Waals surface area contributed by atoms with Crippen LogP contribution in [-0.4, -0.2) is 30.5 Å². The monoisotopic (exact) mass is 604 g/mol. The van der Waals surface area contributed by atoms with Crippen LogP contribution < -0.4 is 9.96 Å². The van der Waals surface area contributed by atoms with Gasteiger partial charge in [-0.3, -0.25) is 14.4 Å². The van der Waals surface area contributed by atoms with Crippen LogP contribution in [0, 0.1) is 5.92 Å². The van der Waals surface area contributed by atoms with Gasteiger partial charge < -0.3 is 4.74 Å². The Balaban J connectivity index is 1.46. The molecule has 1 aromatic heterocycles. The molecular formula is C28H23Cl3N2O5S. The average Bonchev–Trinajstić information content (AvgIpc) is 3.55. The van der Waals surface area contributed by atoms with Crippen molar-refractivity contribution < 1.29 is 24.0 Å². The van der Waals surface area contributed by atoms with Crippen molar-refractivity contribution in [2.45, 2.75) is 44.8 Å². The van der Waals surface area contributed by atoms with Crippen LogP contribution in [-0.2, 0) is 32.0 Å². The lowest BCUT2D eigenvalue weighted by Gasteiger charge is -2.29. The molecule has 3 aromatic rings. The van der Waals surface area contributed by atoms with Crippen LogP contribution in [0.5, 0.6) is 0 Å². The van der Waals surface area contributed by atoms with Crippen LogP contribution in [0.25, 0.3) is 0 Å². The average molecular weight is 606 g/mol. The molecule has 39 heavy (non-hydrogen) atoms. The van der Waals surface area contributed by atoms with Crippen LogP contribution in [0.1, 0.15) is 52.2 Å². The van der Waals surface area contributed by atoms with Gasteiger partial charge in [0.2, 0.25) is 5.91 Å². The standard InChI is InChI=1S/C28H23Cl3N2O5S/c1-2-37-28(36)21-18-5-3-4-6-20(18)39-27(21)32-25(34)22-23(17-12-9-15(30)13-19(17)31)33(38-24(22)26(32)35)16-10-7-14(29)8-11-16/h7-13,22-24H,2-6H2,1H3/t22-,23+,24+/m1/s1. The molecule has 0 unspecified atom stereocenters. The van der Waals surface area contributed by atoms with Crippen molar-refractivity contribution in [2.75, 3.05) is 16.6 Å². The summed E-state index contributed by atoms with van der Waals surface area (Å²) in [6.45, 7) is 1.92. The van der Waals surface area contributed by atoms with Gasteiger partial charge >= 0.3 is 5.97 Å². The summed E-state index contributed by atoms with van der Waals surface area (Å²) in [6, 6.07) is 11.2. The van der Waals surface area contributed by atoms with Crippen molar-refractivity contribution in [1.29, 1.82) is 0 Å².